The number of halogens is 1. The van der Waals surface area contributed by atoms with Gasteiger partial charge >= 0.3 is 0 Å². The number of hydrazone groups is 1. The Morgan fingerprint density at radius 1 is 0.737 bits per heavy atom. The van der Waals surface area contributed by atoms with E-state index in [9.17, 15) is 9.59 Å². The van der Waals surface area contributed by atoms with Gasteiger partial charge in [0.15, 0.2) is 0 Å². The number of carbonyl (C=O) groups is 2. The maximum absolute atomic E-state index is 13.8. The highest BCUT2D eigenvalue weighted by molar-refractivity contribution is 6.30. The lowest BCUT2D eigenvalue weighted by Crippen LogP contribution is -2.41. The van der Waals surface area contributed by atoms with Crippen LogP contribution < -0.4 is 4.74 Å². The van der Waals surface area contributed by atoms with Gasteiger partial charge in [0.05, 0.1) is 18.1 Å². The molecule has 2 amide bonds. The average molecular weight is 519 g/mol. The van der Waals surface area contributed by atoms with Gasteiger partial charge in [-0.05, 0) is 52.1 Å². The number of hydrogen-bond acceptors (Lipinski definition) is 4. The fourth-order valence-electron chi connectivity index (χ4n) is 6.40. The number of amides is 2. The van der Waals surface area contributed by atoms with Crippen LogP contribution in [0.5, 0.6) is 5.75 Å². The minimum absolute atomic E-state index is 0.151. The Hall–Kier alpha value is -4.22. The summed E-state index contributed by atoms with van der Waals surface area (Å²) < 4.78 is 6.03. The van der Waals surface area contributed by atoms with Crippen molar-refractivity contribution in [1.29, 1.82) is 0 Å². The summed E-state index contributed by atoms with van der Waals surface area (Å²) in [5, 5.41) is 6.17. The fourth-order valence-corrected chi connectivity index (χ4v) is 6.61. The van der Waals surface area contributed by atoms with Crippen LogP contribution in [0.15, 0.2) is 102 Å². The first kappa shape index (κ1) is 22.9. The number of ether oxygens (including phenoxy) is 1. The van der Waals surface area contributed by atoms with Gasteiger partial charge in [0.1, 0.15) is 12.4 Å². The van der Waals surface area contributed by atoms with E-state index in [1.165, 1.54) is 0 Å². The zero-order valence-electron chi connectivity index (χ0n) is 20.3. The first-order valence-electron chi connectivity index (χ1n) is 12.7. The van der Waals surface area contributed by atoms with E-state index in [2.05, 4.69) is 29.4 Å². The average Bonchev–Trinajstić information content (AvgIpc) is 3.21. The molecule has 2 atom stereocenters. The zero-order chi connectivity index (χ0) is 25.8. The van der Waals surface area contributed by atoms with Crippen LogP contribution in [0.4, 0.5) is 0 Å². The quantitative estimate of drug-likeness (QED) is 0.235. The molecule has 0 saturated carbocycles. The number of nitrogens with zero attached hydrogens (tertiary/aromatic N) is 2. The van der Waals surface area contributed by atoms with Crippen molar-refractivity contribution in [2.24, 2.45) is 16.9 Å². The second-order valence-electron chi connectivity index (χ2n) is 9.95. The van der Waals surface area contributed by atoms with Crippen molar-refractivity contribution in [3.05, 3.63) is 135 Å². The van der Waals surface area contributed by atoms with Crippen LogP contribution in [0.3, 0.4) is 0 Å². The normalized spacial score (nSPS) is 22.9. The lowest BCUT2D eigenvalue weighted by Gasteiger charge is -2.45. The van der Waals surface area contributed by atoms with Crippen LogP contribution in [-0.4, -0.2) is 23.0 Å². The Bertz CT molecular complexity index is 1520. The molecule has 4 aromatic rings. The second kappa shape index (κ2) is 8.96. The largest absolute Gasteiger partial charge is 0.488 e. The fraction of sp³-hybridized carbons (Fsp3) is 0.156. The highest BCUT2D eigenvalue weighted by Crippen LogP contribution is 2.60. The molecule has 186 valence electrons. The predicted octanol–water partition coefficient (Wildman–Crippen LogP) is 6.15. The van der Waals surface area contributed by atoms with Crippen LogP contribution >= 0.6 is 11.6 Å². The third-order valence-corrected chi connectivity index (χ3v) is 8.17. The number of benzene rings is 4. The maximum Gasteiger partial charge on any atom is 0.254 e. The second-order valence-corrected chi connectivity index (χ2v) is 10.4. The van der Waals surface area contributed by atoms with E-state index in [4.69, 9.17) is 16.3 Å². The topological polar surface area (TPSA) is 59.0 Å². The van der Waals surface area contributed by atoms with Gasteiger partial charge < -0.3 is 4.74 Å². The Labute approximate surface area is 225 Å². The van der Waals surface area contributed by atoms with Crippen molar-refractivity contribution >= 4 is 29.6 Å². The predicted molar refractivity (Wildman–Crippen MR) is 145 cm³/mol. The van der Waals surface area contributed by atoms with E-state index >= 15 is 0 Å². The molecule has 1 aliphatic heterocycles. The van der Waals surface area contributed by atoms with Gasteiger partial charge in [0.25, 0.3) is 11.8 Å². The summed E-state index contributed by atoms with van der Waals surface area (Å²) in [6, 6.07) is 31.3. The Balaban J connectivity index is 1.20. The van der Waals surface area contributed by atoms with Gasteiger partial charge in [-0.2, -0.15) is 10.1 Å². The number of imide groups is 1. The molecule has 2 bridgehead atoms. The highest BCUT2D eigenvalue weighted by Gasteiger charge is 2.61. The van der Waals surface area contributed by atoms with Crippen LogP contribution in [0, 0.1) is 11.8 Å². The lowest BCUT2D eigenvalue weighted by molar-refractivity contribution is -0.139. The molecule has 1 saturated heterocycles. The molecule has 1 fully saturated rings. The number of hydrogen-bond donors (Lipinski definition) is 0. The van der Waals surface area contributed by atoms with Gasteiger partial charge in [-0.15, -0.1) is 0 Å². The van der Waals surface area contributed by atoms with Crippen molar-refractivity contribution in [2.45, 2.75) is 18.4 Å². The molecule has 0 N–H and O–H groups in total. The van der Waals surface area contributed by atoms with E-state index < -0.39 is 11.8 Å². The minimum atomic E-state index is -0.455. The van der Waals surface area contributed by atoms with Crippen molar-refractivity contribution in [2.75, 3.05) is 0 Å². The molecular formula is C32H23ClN2O3. The third kappa shape index (κ3) is 3.50. The van der Waals surface area contributed by atoms with Gasteiger partial charge in [0, 0.05) is 22.4 Å². The molecule has 0 spiro atoms. The molecule has 38 heavy (non-hydrogen) atoms. The molecule has 0 aromatic heterocycles. The van der Waals surface area contributed by atoms with Crippen molar-refractivity contribution in [3.63, 3.8) is 0 Å². The van der Waals surface area contributed by atoms with Crippen LogP contribution in [0.2, 0.25) is 5.02 Å². The van der Waals surface area contributed by atoms with Gasteiger partial charge in [0.2, 0.25) is 0 Å². The monoisotopic (exact) mass is 518 g/mol. The van der Waals surface area contributed by atoms with Gasteiger partial charge in [-0.25, -0.2) is 0 Å². The van der Waals surface area contributed by atoms with Gasteiger partial charge in [-0.1, -0.05) is 84.4 Å². The third-order valence-electron chi connectivity index (χ3n) is 7.94. The van der Waals surface area contributed by atoms with E-state index in [1.807, 2.05) is 72.8 Å². The Morgan fingerprint density at radius 3 is 1.87 bits per heavy atom. The van der Waals surface area contributed by atoms with Gasteiger partial charge in [-0.3, -0.25) is 9.59 Å². The standard InChI is InChI=1S/C32H23ClN2O3/c33-21-10-7-8-19(16-21)18-38-26-15-6-1-9-20(26)17-34-35-31(36)29-27-22-11-2-3-12-23(22)28(30(29)32(35)37)25-14-5-4-13-24(25)27/h1-17,27-30H,18H2/b34-17-/t27?,28?,29-,30-/m0/s1. The van der Waals surface area contributed by atoms with E-state index in [0.29, 0.717) is 22.9 Å². The number of rotatable bonds is 5. The van der Waals surface area contributed by atoms with Crippen molar-refractivity contribution in [1.82, 2.24) is 5.01 Å². The minimum Gasteiger partial charge on any atom is -0.488 e. The molecule has 4 aliphatic rings. The van der Waals surface area contributed by atoms with Crippen molar-refractivity contribution < 1.29 is 14.3 Å². The van der Waals surface area contributed by atoms with E-state index in [1.54, 1.807) is 6.21 Å². The molecule has 1 heterocycles. The Morgan fingerprint density at radius 2 is 1.29 bits per heavy atom. The number of carbonyl (C=O) groups excluding carboxylic acids is 2. The summed E-state index contributed by atoms with van der Waals surface area (Å²) in [5.74, 6) is -1.09. The molecular weight excluding hydrogens is 496 g/mol. The molecule has 5 nitrogen and oxygen atoms in total. The zero-order valence-corrected chi connectivity index (χ0v) is 21.1. The van der Waals surface area contributed by atoms with E-state index in [0.717, 1.165) is 32.8 Å². The molecule has 3 aliphatic carbocycles. The summed E-state index contributed by atoms with van der Waals surface area (Å²) >= 11 is 6.10. The van der Waals surface area contributed by atoms with Crippen molar-refractivity contribution in [3.8, 4) is 5.75 Å². The summed E-state index contributed by atoms with van der Waals surface area (Å²) in [7, 11) is 0. The number of para-hydroxylation sites is 1. The molecule has 0 radical (unpaired) electrons. The van der Waals surface area contributed by atoms with Crippen LogP contribution in [-0.2, 0) is 16.2 Å². The molecule has 4 aromatic carbocycles. The first-order chi connectivity index (χ1) is 18.6. The van der Waals surface area contributed by atoms with Crippen LogP contribution in [0.25, 0.3) is 0 Å². The smallest absolute Gasteiger partial charge is 0.254 e. The SMILES string of the molecule is O=C1[C@H]2C3c4ccccc4C(c4ccccc43)[C@@H]2C(=O)N1/N=C\c1ccccc1OCc1cccc(Cl)c1. The lowest BCUT2D eigenvalue weighted by atomic mass is 9.55. The summed E-state index contributed by atoms with van der Waals surface area (Å²) in [6.07, 6.45) is 1.54. The molecule has 0 unspecified atom stereocenters. The first-order valence-corrected chi connectivity index (χ1v) is 13.1. The molecule has 6 heteroatoms. The highest BCUT2D eigenvalue weighted by atomic mass is 35.5. The maximum atomic E-state index is 13.8. The van der Waals surface area contributed by atoms with E-state index in [-0.39, 0.29) is 23.7 Å². The molecule has 8 rings (SSSR count). The van der Waals surface area contributed by atoms with Crippen LogP contribution in [0.1, 0.15) is 45.2 Å². The Kier molecular flexibility index (Phi) is 5.41. The summed E-state index contributed by atoms with van der Waals surface area (Å²) in [4.78, 5) is 27.5. The summed E-state index contributed by atoms with van der Waals surface area (Å²) in [6.45, 7) is 0.330. The summed E-state index contributed by atoms with van der Waals surface area (Å²) in [5.41, 5.74) is 6.19.